The lowest BCUT2D eigenvalue weighted by molar-refractivity contribution is -0.134. The van der Waals surface area contributed by atoms with Crippen LogP contribution in [0.2, 0.25) is 0 Å². The molecular weight excluding hydrogens is 1790 g/mol. The van der Waals surface area contributed by atoms with Crippen molar-refractivity contribution in [2.45, 2.75) is 238 Å². The van der Waals surface area contributed by atoms with Gasteiger partial charge in [0.2, 0.25) is 0 Å². The zero-order valence-corrected chi connectivity index (χ0v) is 83.2. The number of methoxy groups -OCH3 is 4. The van der Waals surface area contributed by atoms with Gasteiger partial charge in [0.25, 0.3) is 0 Å². The topological polar surface area (TPSA) is 409 Å². The molecule has 4 unspecified atom stereocenters. The molecule has 8 aromatic rings. The highest BCUT2D eigenvalue weighted by Gasteiger charge is 2.39. The van der Waals surface area contributed by atoms with Crippen molar-refractivity contribution >= 4 is 47.0 Å². The van der Waals surface area contributed by atoms with Gasteiger partial charge in [-0.3, -0.25) is 38.4 Å². The number of allylic oxidation sites excluding steroid dienone is 16. The Kier molecular flexibility index (Phi) is 39.1. The summed E-state index contributed by atoms with van der Waals surface area (Å²) in [5.41, 5.74) is 15.2. The summed E-state index contributed by atoms with van der Waals surface area (Å²) in [6.45, 7) is 29.5. The SMILES string of the molecule is CC(=O)Oc1cc(OC(C)=O)c2c(c1)OC(c1ccc(OC(C)=O)c(OC(C)=O)c1C/C=C(\C)CCC=C(C)C)CC2=O.CC(C)=CCC/C(C)=C/Cc1c(C2CC(=O)c3c(O)cc(O)cc3O2)ccc(O)c1O.CC(C)=CCC/C(C)=C/Cc1c(C2CC(=O)c3c(O)cc(O)cc3O2)ccc(O)c1O.COc1cc(OC)c2c(c1)OC(c1ccc(OC)c(OC)c1C/C=C(\C)CCC=C(C)C)CC2=O. The Labute approximate surface area is 817 Å². The second kappa shape index (κ2) is 50.4. The van der Waals surface area contributed by atoms with Crippen LogP contribution in [-0.4, -0.2) is 116 Å². The van der Waals surface area contributed by atoms with Gasteiger partial charge in [-0.15, -0.1) is 0 Å². The van der Waals surface area contributed by atoms with Crippen LogP contribution in [0.25, 0.3) is 0 Å². The van der Waals surface area contributed by atoms with Crippen molar-refractivity contribution < 1.29 is 136 Å². The number of phenolic OH excluding ortho intramolecular Hbond substituents is 8. The van der Waals surface area contributed by atoms with Crippen molar-refractivity contribution in [2.75, 3.05) is 28.4 Å². The number of esters is 4. The number of rotatable bonds is 32. The number of ketones is 4. The lowest BCUT2D eigenvalue weighted by Gasteiger charge is -2.29. The predicted molar refractivity (Wildman–Crippen MR) is 530 cm³/mol. The molecule has 4 aliphatic rings. The van der Waals surface area contributed by atoms with Crippen molar-refractivity contribution in [3.63, 3.8) is 0 Å². The third kappa shape index (κ3) is 29.5. The lowest BCUT2D eigenvalue weighted by Crippen LogP contribution is -2.23. The molecular formula is C112H128O28. The average Bonchev–Trinajstić information content (AvgIpc) is 0.760. The van der Waals surface area contributed by atoms with E-state index in [9.17, 15) is 79.2 Å². The number of phenols is 8. The Morgan fingerprint density at radius 3 is 0.957 bits per heavy atom. The molecule has 0 aliphatic carbocycles. The number of hydrogen-bond donors (Lipinski definition) is 8. The Morgan fingerprint density at radius 1 is 0.300 bits per heavy atom. The monoisotopic (exact) mass is 1920 g/mol. The number of fused-ring (bicyclic) bond motifs is 4. The highest BCUT2D eigenvalue weighted by atomic mass is 16.6. The van der Waals surface area contributed by atoms with Crippen molar-refractivity contribution in [1.82, 2.24) is 0 Å². The zero-order chi connectivity index (χ0) is 103. The van der Waals surface area contributed by atoms with Crippen molar-refractivity contribution in [2.24, 2.45) is 0 Å². The van der Waals surface area contributed by atoms with Gasteiger partial charge in [0, 0.05) is 121 Å². The highest BCUT2D eigenvalue weighted by Crippen LogP contribution is 2.52. The van der Waals surface area contributed by atoms with Crippen LogP contribution in [0.15, 0.2) is 190 Å². The number of carbonyl (C=O) groups excluding carboxylic acids is 8. The second-order valence-corrected chi connectivity index (χ2v) is 35.6. The Balaban J connectivity index is 0.000000210. The molecule has 28 heteroatoms. The molecule has 4 atom stereocenters. The Hall–Kier alpha value is -15.0. The summed E-state index contributed by atoms with van der Waals surface area (Å²) < 4.78 is 68.0. The first kappa shape index (κ1) is 109. The van der Waals surface area contributed by atoms with Crippen LogP contribution in [0.5, 0.6) is 115 Å². The van der Waals surface area contributed by atoms with Gasteiger partial charge in [-0.2, -0.15) is 0 Å². The normalized spacial score (nSPS) is 15.2. The summed E-state index contributed by atoms with van der Waals surface area (Å²) in [4.78, 5) is 99.4. The molecule has 0 aromatic heterocycles. The van der Waals surface area contributed by atoms with E-state index in [2.05, 4.69) is 78.8 Å². The first-order valence-electron chi connectivity index (χ1n) is 46.1. The van der Waals surface area contributed by atoms with Crippen LogP contribution in [-0.2, 0) is 44.9 Å². The van der Waals surface area contributed by atoms with Gasteiger partial charge in [0.15, 0.2) is 69.1 Å². The molecule has 0 bridgehead atoms. The van der Waals surface area contributed by atoms with E-state index in [1.165, 1.54) is 105 Å². The smallest absolute Gasteiger partial charge is 0.308 e. The van der Waals surface area contributed by atoms with Crippen LogP contribution in [0.3, 0.4) is 0 Å². The molecule has 0 spiro atoms. The summed E-state index contributed by atoms with van der Waals surface area (Å²) in [6, 6.07) is 23.8. The first-order valence-corrected chi connectivity index (χ1v) is 46.1. The standard InChI is InChI=1S/C33H36O10.C29H36O6.2C25H28O6/c1-18(2)9-8-10-19(3)11-12-26-25(13-14-28(40-21(5)35)33(26)42-23(7)37)29-17-27(38)32-30(41-22(6)36)15-24(39-20(4)34)16-31(32)43-29;1-18(2)9-8-10-19(3)11-12-22-21(13-14-24(32-5)29(22)34-7)25-17-23(30)28-26(33-6)15-20(31-4)16-27(28)35-25;2*1-14(2)5-4-6-15(3)7-8-18-17(9-10-19(27)25(18)30)22-13-21(29)24-20(28)11-16(26)12-23(24)31-22/h9,11,13-16,29H,8,10,12,17H2,1-7H3;9,11,13-16,25H,8,10,12,17H2,1-7H3;2*5,7,9-12,22,26-28,30H,4,6,8,13H2,1-3H3/b2*19-11+;2*15-7+. The number of ether oxygens (including phenoxy) is 12. The van der Waals surface area contributed by atoms with E-state index in [4.69, 9.17) is 56.8 Å². The van der Waals surface area contributed by atoms with Crippen molar-refractivity contribution in [3.05, 3.63) is 257 Å². The molecule has 28 nitrogen and oxygen atoms in total. The largest absolute Gasteiger partial charge is 0.508 e. The van der Waals surface area contributed by atoms with Crippen molar-refractivity contribution in [1.29, 1.82) is 0 Å². The fourth-order valence-corrected chi connectivity index (χ4v) is 16.4. The maximum absolute atomic E-state index is 13.5. The summed E-state index contributed by atoms with van der Waals surface area (Å²) in [7, 11) is 6.36. The number of aromatic hydroxyl groups is 8. The zero-order valence-electron chi connectivity index (χ0n) is 83.2. The van der Waals surface area contributed by atoms with E-state index < -0.39 is 48.3 Å². The van der Waals surface area contributed by atoms with Gasteiger partial charge in [0.1, 0.15) is 116 Å². The van der Waals surface area contributed by atoms with E-state index in [1.54, 1.807) is 51.7 Å². The average molecular weight is 1920 g/mol. The van der Waals surface area contributed by atoms with Crippen LogP contribution in [0, 0.1) is 0 Å². The molecule has 0 fully saturated rings. The molecule has 0 radical (unpaired) electrons. The molecule has 0 saturated heterocycles. The minimum atomic E-state index is -0.868. The first-order chi connectivity index (χ1) is 66.4. The number of hydrogen-bond acceptors (Lipinski definition) is 28. The number of Topliss-reactive ketones (excluding diaryl/α,β-unsaturated/α-hetero) is 4. The third-order valence-corrected chi connectivity index (χ3v) is 23.3. The summed E-state index contributed by atoms with van der Waals surface area (Å²) in [5, 5.41) is 80.6. The maximum Gasteiger partial charge on any atom is 0.308 e. The number of carbonyl (C=O) groups is 8. The van der Waals surface area contributed by atoms with Crippen LogP contribution in [0.1, 0.15) is 298 Å². The van der Waals surface area contributed by atoms with Gasteiger partial charge in [0.05, 0.1) is 54.1 Å². The fourth-order valence-electron chi connectivity index (χ4n) is 16.4. The van der Waals surface area contributed by atoms with Gasteiger partial charge >= 0.3 is 23.9 Å². The Morgan fingerprint density at radius 2 is 0.607 bits per heavy atom. The van der Waals surface area contributed by atoms with E-state index in [0.717, 1.165) is 91.3 Å². The predicted octanol–water partition coefficient (Wildman–Crippen LogP) is 23.9. The van der Waals surface area contributed by atoms with Gasteiger partial charge < -0.3 is 97.7 Å². The molecule has 4 heterocycles. The molecule has 744 valence electrons. The van der Waals surface area contributed by atoms with Crippen molar-refractivity contribution in [3.8, 4) is 115 Å². The molecule has 8 N–H and O–H groups in total. The number of benzene rings is 8. The maximum atomic E-state index is 13.5. The summed E-state index contributed by atoms with van der Waals surface area (Å²) in [5.74, 6) is -2.62. The minimum Gasteiger partial charge on any atom is -0.508 e. The van der Waals surface area contributed by atoms with Gasteiger partial charge in [-0.05, 0) is 184 Å². The quantitative estimate of drug-likeness (QED) is 0.00840. The van der Waals surface area contributed by atoms with Crippen LogP contribution in [0.4, 0.5) is 0 Å². The fraction of sp³-hybridized carbons (Fsp3) is 0.357. The highest BCUT2D eigenvalue weighted by molar-refractivity contribution is 6.05. The molecule has 0 amide bonds. The van der Waals surface area contributed by atoms with E-state index in [1.807, 2.05) is 65.0 Å². The van der Waals surface area contributed by atoms with Crippen LogP contribution < -0.4 is 56.8 Å². The molecule has 8 aromatic carbocycles. The summed E-state index contributed by atoms with van der Waals surface area (Å²) >= 11 is 0. The molecule has 140 heavy (non-hydrogen) atoms. The van der Waals surface area contributed by atoms with Crippen LogP contribution >= 0.6 is 0 Å². The van der Waals surface area contributed by atoms with Gasteiger partial charge in [-0.1, -0.05) is 117 Å². The molecule has 4 aliphatic heterocycles. The second-order valence-electron chi connectivity index (χ2n) is 35.6. The van der Waals surface area contributed by atoms with Gasteiger partial charge in [-0.25, -0.2) is 0 Å². The van der Waals surface area contributed by atoms with E-state index >= 15 is 0 Å². The third-order valence-electron chi connectivity index (χ3n) is 23.3. The lowest BCUT2D eigenvalue weighted by atomic mass is 9.90. The summed E-state index contributed by atoms with van der Waals surface area (Å²) in [6.07, 6.45) is 23.0. The molecule has 0 saturated carbocycles. The Bertz CT molecular complexity index is 6070. The van der Waals surface area contributed by atoms with E-state index in [-0.39, 0.29) is 158 Å². The minimum absolute atomic E-state index is 0.0249. The molecule has 12 rings (SSSR count). The van der Waals surface area contributed by atoms with E-state index in [0.29, 0.717) is 87.0 Å².